The fourth-order valence-electron chi connectivity index (χ4n) is 2.02. The Morgan fingerprint density at radius 1 is 1.71 bits per heavy atom. The summed E-state index contributed by atoms with van der Waals surface area (Å²) < 4.78 is 1.73. The van der Waals surface area contributed by atoms with Crippen molar-refractivity contribution in [3.05, 3.63) is 18.0 Å². The van der Waals surface area contributed by atoms with E-state index >= 15 is 0 Å². The first-order valence-electron chi connectivity index (χ1n) is 4.78. The number of nitrogens with zero attached hydrogens (tertiary/aromatic N) is 2. The van der Waals surface area contributed by atoms with Crippen LogP contribution in [-0.2, 0) is 17.3 Å². The molecule has 0 saturated heterocycles. The first kappa shape index (κ1) is 9.24. The summed E-state index contributed by atoms with van der Waals surface area (Å²) in [5.41, 5.74) is 0.926. The molecule has 4 heteroatoms. The Labute approximate surface area is 82.5 Å². The average Bonchev–Trinajstić information content (AvgIpc) is 2.83. The average molecular weight is 194 g/mol. The maximum absolute atomic E-state index is 10.9. The SMILES string of the molecule is CC(C(=O)O)C1(c2cnn(C)c2)CC1. The summed E-state index contributed by atoms with van der Waals surface area (Å²) in [6.07, 6.45) is 5.64. The molecule has 14 heavy (non-hydrogen) atoms. The summed E-state index contributed by atoms with van der Waals surface area (Å²) in [7, 11) is 1.85. The van der Waals surface area contributed by atoms with Gasteiger partial charge in [-0.2, -0.15) is 5.10 Å². The Hall–Kier alpha value is -1.32. The molecule has 4 nitrogen and oxygen atoms in total. The zero-order valence-electron chi connectivity index (χ0n) is 8.40. The maximum atomic E-state index is 10.9. The van der Waals surface area contributed by atoms with E-state index in [0.29, 0.717) is 0 Å². The van der Waals surface area contributed by atoms with Gasteiger partial charge in [-0.3, -0.25) is 9.48 Å². The molecule has 1 aromatic heterocycles. The first-order valence-corrected chi connectivity index (χ1v) is 4.78. The molecule has 1 heterocycles. The molecule has 1 saturated carbocycles. The second-order valence-corrected chi connectivity index (χ2v) is 4.12. The Morgan fingerprint density at radius 3 is 2.71 bits per heavy atom. The molecule has 1 aromatic rings. The van der Waals surface area contributed by atoms with Gasteiger partial charge in [0.1, 0.15) is 0 Å². The smallest absolute Gasteiger partial charge is 0.307 e. The van der Waals surface area contributed by atoms with Crippen LogP contribution in [-0.4, -0.2) is 20.9 Å². The van der Waals surface area contributed by atoms with Crippen molar-refractivity contribution in [1.29, 1.82) is 0 Å². The standard InChI is InChI=1S/C10H14N2O2/c1-7(9(13)14)10(3-4-10)8-5-11-12(2)6-8/h5-7H,3-4H2,1-2H3,(H,13,14). The lowest BCUT2D eigenvalue weighted by molar-refractivity contribution is -0.142. The number of aromatic nitrogens is 2. The van der Waals surface area contributed by atoms with E-state index in [9.17, 15) is 4.79 Å². The molecule has 0 aromatic carbocycles. The quantitative estimate of drug-likeness (QED) is 0.785. The summed E-state index contributed by atoms with van der Waals surface area (Å²) in [5.74, 6) is -1.03. The lowest BCUT2D eigenvalue weighted by atomic mass is 9.86. The molecule has 76 valence electrons. The highest BCUT2D eigenvalue weighted by Crippen LogP contribution is 2.53. The van der Waals surface area contributed by atoms with Crippen LogP contribution in [0.5, 0.6) is 0 Å². The minimum Gasteiger partial charge on any atom is -0.481 e. The van der Waals surface area contributed by atoms with Gasteiger partial charge in [0.15, 0.2) is 0 Å². The number of carboxylic acids is 1. The van der Waals surface area contributed by atoms with E-state index in [1.807, 2.05) is 13.2 Å². The third kappa shape index (κ3) is 1.22. The summed E-state index contributed by atoms with van der Waals surface area (Å²) in [4.78, 5) is 10.9. The predicted molar refractivity (Wildman–Crippen MR) is 50.9 cm³/mol. The highest BCUT2D eigenvalue weighted by Gasteiger charge is 2.52. The molecule has 0 bridgehead atoms. The minimum absolute atomic E-state index is 0.139. The van der Waals surface area contributed by atoms with Gasteiger partial charge in [-0.15, -0.1) is 0 Å². The zero-order valence-corrected chi connectivity index (χ0v) is 8.40. The van der Waals surface area contributed by atoms with E-state index in [1.54, 1.807) is 17.8 Å². The molecular formula is C10H14N2O2. The van der Waals surface area contributed by atoms with Gasteiger partial charge < -0.3 is 5.11 Å². The molecule has 1 unspecified atom stereocenters. The Kier molecular flexibility index (Phi) is 1.87. The highest BCUT2D eigenvalue weighted by molar-refractivity contribution is 5.73. The summed E-state index contributed by atoms with van der Waals surface area (Å²) >= 11 is 0. The van der Waals surface area contributed by atoms with Gasteiger partial charge in [0.05, 0.1) is 12.1 Å². The van der Waals surface area contributed by atoms with Gasteiger partial charge in [0.2, 0.25) is 0 Å². The third-order valence-corrected chi connectivity index (χ3v) is 3.27. The second kappa shape index (κ2) is 2.83. The summed E-state index contributed by atoms with van der Waals surface area (Å²) in [6, 6.07) is 0. The van der Waals surface area contributed by atoms with Crippen molar-refractivity contribution in [3.63, 3.8) is 0 Å². The van der Waals surface area contributed by atoms with Crippen molar-refractivity contribution in [2.24, 2.45) is 13.0 Å². The fraction of sp³-hybridized carbons (Fsp3) is 0.600. The van der Waals surface area contributed by atoms with Crippen LogP contribution in [0.4, 0.5) is 0 Å². The molecule has 0 radical (unpaired) electrons. The molecule has 0 aliphatic heterocycles. The number of aryl methyl sites for hydroxylation is 1. The van der Waals surface area contributed by atoms with E-state index in [2.05, 4.69) is 5.10 Å². The number of rotatable bonds is 3. The Balaban J connectivity index is 2.29. The van der Waals surface area contributed by atoms with Gasteiger partial charge >= 0.3 is 5.97 Å². The van der Waals surface area contributed by atoms with Crippen LogP contribution >= 0.6 is 0 Å². The lowest BCUT2D eigenvalue weighted by Gasteiger charge is -2.17. The van der Waals surface area contributed by atoms with Crippen molar-refractivity contribution in [3.8, 4) is 0 Å². The molecule has 2 rings (SSSR count). The molecular weight excluding hydrogens is 180 g/mol. The number of carboxylic acid groups (broad SMARTS) is 1. The van der Waals surface area contributed by atoms with Crippen molar-refractivity contribution < 1.29 is 9.90 Å². The normalized spacial score (nSPS) is 20.4. The van der Waals surface area contributed by atoms with E-state index in [1.165, 1.54) is 0 Å². The van der Waals surface area contributed by atoms with E-state index in [-0.39, 0.29) is 11.3 Å². The zero-order chi connectivity index (χ0) is 10.3. The fourth-order valence-corrected chi connectivity index (χ4v) is 2.02. The van der Waals surface area contributed by atoms with Crippen molar-refractivity contribution in [2.45, 2.75) is 25.2 Å². The topological polar surface area (TPSA) is 55.1 Å². The van der Waals surface area contributed by atoms with Crippen LogP contribution in [0.3, 0.4) is 0 Å². The molecule has 1 aliphatic carbocycles. The van der Waals surface area contributed by atoms with Gasteiger partial charge in [-0.05, 0) is 18.4 Å². The number of carbonyl (C=O) groups is 1. The van der Waals surface area contributed by atoms with Crippen molar-refractivity contribution in [1.82, 2.24) is 9.78 Å². The van der Waals surface area contributed by atoms with Gasteiger partial charge in [0.25, 0.3) is 0 Å². The van der Waals surface area contributed by atoms with Crippen LogP contribution in [0, 0.1) is 5.92 Å². The van der Waals surface area contributed by atoms with Crippen LogP contribution in [0.2, 0.25) is 0 Å². The summed E-state index contributed by atoms with van der Waals surface area (Å²) in [6.45, 7) is 1.78. The van der Waals surface area contributed by atoms with Crippen molar-refractivity contribution in [2.75, 3.05) is 0 Å². The Morgan fingerprint density at radius 2 is 2.36 bits per heavy atom. The second-order valence-electron chi connectivity index (χ2n) is 4.12. The monoisotopic (exact) mass is 194 g/mol. The largest absolute Gasteiger partial charge is 0.481 e. The molecule has 1 fully saturated rings. The minimum atomic E-state index is -0.716. The van der Waals surface area contributed by atoms with E-state index < -0.39 is 5.97 Å². The van der Waals surface area contributed by atoms with Crippen LogP contribution in [0.1, 0.15) is 25.3 Å². The first-order chi connectivity index (χ1) is 6.56. The van der Waals surface area contributed by atoms with Gasteiger partial charge in [-0.1, -0.05) is 6.92 Å². The molecule has 0 spiro atoms. The molecule has 1 atom stereocenters. The van der Waals surface area contributed by atoms with Gasteiger partial charge in [-0.25, -0.2) is 0 Å². The van der Waals surface area contributed by atoms with Crippen LogP contribution in [0.15, 0.2) is 12.4 Å². The molecule has 1 N–H and O–H groups in total. The summed E-state index contributed by atoms with van der Waals surface area (Å²) in [5, 5.41) is 13.1. The van der Waals surface area contributed by atoms with E-state index in [0.717, 1.165) is 18.4 Å². The van der Waals surface area contributed by atoms with Crippen molar-refractivity contribution >= 4 is 5.97 Å². The maximum Gasteiger partial charge on any atom is 0.307 e. The molecule has 1 aliphatic rings. The van der Waals surface area contributed by atoms with E-state index in [4.69, 9.17) is 5.11 Å². The number of hydrogen-bond donors (Lipinski definition) is 1. The van der Waals surface area contributed by atoms with Crippen LogP contribution in [0.25, 0.3) is 0 Å². The third-order valence-electron chi connectivity index (χ3n) is 3.27. The molecule has 0 amide bonds. The Bertz CT molecular complexity index is 366. The van der Waals surface area contributed by atoms with Crippen LogP contribution < -0.4 is 0 Å². The lowest BCUT2D eigenvalue weighted by Crippen LogP contribution is -2.25. The van der Waals surface area contributed by atoms with Gasteiger partial charge in [0, 0.05) is 18.7 Å². The number of aliphatic carboxylic acids is 1. The number of hydrogen-bond acceptors (Lipinski definition) is 2. The highest BCUT2D eigenvalue weighted by atomic mass is 16.4. The predicted octanol–water partition coefficient (Wildman–Crippen LogP) is 1.17.